The first kappa shape index (κ1) is 21.6. The predicted octanol–water partition coefficient (Wildman–Crippen LogP) is 4.02. The molecule has 0 fully saturated rings. The Bertz CT molecular complexity index is 1000. The number of hydrazone groups is 1. The van der Waals surface area contributed by atoms with Gasteiger partial charge in [0.2, 0.25) is 5.91 Å². The highest BCUT2D eigenvalue weighted by molar-refractivity contribution is 6.30. The molecular formula is C20H17ClF3N5O. The molecule has 3 rings (SSSR count). The minimum absolute atomic E-state index is 0.0392. The maximum atomic E-state index is 13.2. The fourth-order valence-corrected chi connectivity index (χ4v) is 3.22. The highest BCUT2D eigenvalue weighted by atomic mass is 35.5. The fourth-order valence-electron chi connectivity index (χ4n) is 3.03. The summed E-state index contributed by atoms with van der Waals surface area (Å²) in [5.41, 5.74) is 0.319. The van der Waals surface area contributed by atoms with E-state index in [4.69, 9.17) is 16.9 Å². The number of aromatic nitrogens is 1. The lowest BCUT2D eigenvalue weighted by molar-refractivity contribution is -0.122. The third kappa shape index (κ3) is 4.89. The first-order valence-corrected chi connectivity index (χ1v) is 9.40. The third-order valence-corrected chi connectivity index (χ3v) is 4.94. The second-order valence-corrected chi connectivity index (χ2v) is 7.22. The predicted molar refractivity (Wildman–Crippen MR) is 106 cm³/mol. The van der Waals surface area contributed by atoms with E-state index in [-0.39, 0.29) is 24.6 Å². The quantitative estimate of drug-likeness (QED) is 0.769. The van der Waals surface area contributed by atoms with Gasteiger partial charge in [0.25, 0.3) is 0 Å². The Hall–Kier alpha value is -3.12. The normalized spacial score (nSPS) is 17.3. The van der Waals surface area contributed by atoms with Gasteiger partial charge in [-0.3, -0.25) is 9.80 Å². The van der Waals surface area contributed by atoms with Gasteiger partial charge in [-0.25, -0.2) is 4.98 Å². The van der Waals surface area contributed by atoms with Gasteiger partial charge in [0, 0.05) is 24.2 Å². The second-order valence-electron chi connectivity index (χ2n) is 6.78. The van der Waals surface area contributed by atoms with Crippen LogP contribution in [0.5, 0.6) is 0 Å². The van der Waals surface area contributed by atoms with Crippen molar-refractivity contribution in [3.8, 4) is 6.07 Å². The smallest absolute Gasteiger partial charge is 0.353 e. The number of rotatable bonds is 5. The van der Waals surface area contributed by atoms with Crippen molar-refractivity contribution in [1.29, 1.82) is 5.26 Å². The summed E-state index contributed by atoms with van der Waals surface area (Å²) in [4.78, 5) is 16.5. The lowest BCUT2D eigenvalue weighted by Gasteiger charge is -2.24. The maximum Gasteiger partial charge on any atom is 0.431 e. The maximum absolute atomic E-state index is 13.2. The Morgan fingerprint density at radius 1 is 1.40 bits per heavy atom. The van der Waals surface area contributed by atoms with Crippen molar-refractivity contribution in [2.45, 2.75) is 31.5 Å². The van der Waals surface area contributed by atoms with Crippen LogP contribution in [0.3, 0.4) is 0 Å². The van der Waals surface area contributed by atoms with Gasteiger partial charge in [-0.15, -0.1) is 0 Å². The number of pyridine rings is 1. The van der Waals surface area contributed by atoms with Crippen molar-refractivity contribution < 1.29 is 18.0 Å². The van der Waals surface area contributed by atoms with E-state index in [9.17, 15) is 18.0 Å². The van der Waals surface area contributed by atoms with Crippen molar-refractivity contribution in [1.82, 2.24) is 10.3 Å². The van der Waals surface area contributed by atoms with Crippen LogP contribution < -0.4 is 10.3 Å². The number of nitriles is 1. The second kappa shape index (κ2) is 8.71. The average Bonchev–Trinajstić information content (AvgIpc) is 3.16. The molecule has 2 unspecified atom stereocenters. The molecule has 1 amide bonds. The van der Waals surface area contributed by atoms with Crippen LogP contribution in [0, 0.1) is 11.3 Å². The molecule has 2 aromatic rings. The average molecular weight is 436 g/mol. The van der Waals surface area contributed by atoms with Crippen molar-refractivity contribution in [2.24, 2.45) is 5.10 Å². The summed E-state index contributed by atoms with van der Waals surface area (Å²) in [5, 5.41) is 16.8. The molecule has 1 aliphatic heterocycles. The molecule has 1 N–H and O–H groups in total. The molecule has 2 heterocycles. The number of amides is 1. The highest BCUT2D eigenvalue weighted by Gasteiger charge is 2.43. The number of carbonyl (C=O) groups excluding carboxylic acids is 1. The lowest BCUT2D eigenvalue weighted by Crippen LogP contribution is -2.41. The van der Waals surface area contributed by atoms with E-state index < -0.39 is 23.8 Å². The largest absolute Gasteiger partial charge is 0.431 e. The van der Waals surface area contributed by atoms with Crippen LogP contribution in [-0.4, -0.2) is 35.4 Å². The first-order valence-electron chi connectivity index (χ1n) is 9.02. The molecule has 2 atom stereocenters. The Balaban J connectivity index is 1.72. The van der Waals surface area contributed by atoms with Crippen LogP contribution >= 0.6 is 11.6 Å². The molecular weight excluding hydrogens is 419 g/mol. The van der Waals surface area contributed by atoms with Crippen molar-refractivity contribution in [2.75, 3.05) is 11.6 Å². The summed E-state index contributed by atoms with van der Waals surface area (Å²) < 4.78 is 39.6. The van der Waals surface area contributed by atoms with Crippen LogP contribution in [0.25, 0.3) is 0 Å². The third-order valence-electron chi connectivity index (χ3n) is 4.71. The van der Waals surface area contributed by atoms with E-state index in [0.717, 1.165) is 0 Å². The summed E-state index contributed by atoms with van der Waals surface area (Å²) >= 11 is 5.96. The monoisotopic (exact) mass is 435 g/mol. The molecule has 30 heavy (non-hydrogen) atoms. The molecule has 0 bridgehead atoms. The molecule has 1 aromatic heterocycles. The van der Waals surface area contributed by atoms with Gasteiger partial charge in [-0.1, -0.05) is 23.7 Å². The minimum atomic E-state index is -4.56. The Morgan fingerprint density at radius 3 is 2.77 bits per heavy atom. The van der Waals surface area contributed by atoms with Crippen LogP contribution in [0.15, 0.2) is 47.7 Å². The first-order chi connectivity index (χ1) is 14.2. The van der Waals surface area contributed by atoms with Gasteiger partial charge in [0.05, 0.1) is 17.6 Å². The zero-order valence-electron chi connectivity index (χ0n) is 15.8. The van der Waals surface area contributed by atoms with Crippen molar-refractivity contribution in [3.05, 3.63) is 58.9 Å². The zero-order chi connectivity index (χ0) is 21.9. The van der Waals surface area contributed by atoms with E-state index in [0.29, 0.717) is 16.3 Å². The van der Waals surface area contributed by atoms with Crippen LogP contribution in [0.2, 0.25) is 5.02 Å². The number of nitrogens with one attached hydrogen (secondary N) is 1. The minimum Gasteiger partial charge on any atom is -0.353 e. The van der Waals surface area contributed by atoms with Crippen molar-refractivity contribution >= 4 is 28.9 Å². The van der Waals surface area contributed by atoms with Gasteiger partial charge < -0.3 is 5.32 Å². The number of halogens is 4. The number of hydrogen-bond donors (Lipinski definition) is 1. The van der Waals surface area contributed by atoms with E-state index in [1.807, 2.05) is 6.07 Å². The van der Waals surface area contributed by atoms with E-state index >= 15 is 0 Å². The summed E-state index contributed by atoms with van der Waals surface area (Å²) in [6.45, 7) is 1.61. The van der Waals surface area contributed by atoms with Crippen molar-refractivity contribution in [3.63, 3.8) is 0 Å². The molecule has 10 heteroatoms. The highest BCUT2D eigenvalue weighted by Crippen LogP contribution is 2.32. The summed E-state index contributed by atoms with van der Waals surface area (Å²) in [6, 6.07) is 10.7. The Morgan fingerprint density at radius 2 is 2.17 bits per heavy atom. The zero-order valence-corrected chi connectivity index (χ0v) is 16.6. The SMILES string of the molecule is CC(C(=O)NCC1CC(C(F)(F)F)=NN1c1cccc(Cl)c1)c1ccc(C#N)nc1. The van der Waals surface area contributed by atoms with Gasteiger partial charge in [-0.2, -0.15) is 23.5 Å². The van der Waals surface area contributed by atoms with Gasteiger partial charge in [0.1, 0.15) is 17.5 Å². The molecule has 6 nitrogen and oxygen atoms in total. The van der Waals surface area contributed by atoms with Crippen LogP contribution in [0.1, 0.15) is 30.5 Å². The molecule has 156 valence electrons. The standard InChI is InChI=1S/C20H17ClF3N5O/c1-12(13-5-6-15(9-25)26-10-13)19(30)27-11-17-8-18(20(22,23)24)28-29(17)16-4-2-3-14(21)7-16/h2-7,10,12,17H,8,11H2,1H3,(H,27,30). The molecule has 0 saturated carbocycles. The molecule has 0 aliphatic carbocycles. The summed E-state index contributed by atoms with van der Waals surface area (Å²) in [5.74, 6) is -0.956. The molecule has 0 spiro atoms. The molecule has 0 radical (unpaired) electrons. The van der Waals surface area contributed by atoms with E-state index in [2.05, 4.69) is 15.4 Å². The van der Waals surface area contributed by atoms with Gasteiger partial charge in [0.15, 0.2) is 0 Å². The topological polar surface area (TPSA) is 81.4 Å². The number of alkyl halides is 3. The lowest BCUT2D eigenvalue weighted by atomic mass is 10.0. The number of anilines is 1. The van der Waals surface area contributed by atoms with E-state index in [1.165, 1.54) is 23.3 Å². The summed E-state index contributed by atoms with van der Waals surface area (Å²) in [7, 11) is 0. The van der Waals surface area contributed by atoms with Gasteiger partial charge >= 0.3 is 6.18 Å². The van der Waals surface area contributed by atoms with Crippen LogP contribution in [0.4, 0.5) is 18.9 Å². The Kier molecular flexibility index (Phi) is 6.27. The summed E-state index contributed by atoms with van der Waals surface area (Å²) in [6.07, 6.45) is -3.48. The number of hydrogen-bond acceptors (Lipinski definition) is 5. The fraction of sp³-hybridized carbons (Fsp3) is 0.300. The molecule has 1 aliphatic rings. The van der Waals surface area contributed by atoms with Gasteiger partial charge in [-0.05, 0) is 36.8 Å². The number of benzene rings is 1. The molecule has 1 aromatic carbocycles. The number of carbonyl (C=O) groups is 1. The molecule has 0 saturated heterocycles. The van der Waals surface area contributed by atoms with E-state index in [1.54, 1.807) is 31.2 Å². The van der Waals surface area contributed by atoms with Crippen LogP contribution in [-0.2, 0) is 4.79 Å². The Labute approximate surface area is 176 Å². The number of nitrogens with zero attached hydrogens (tertiary/aromatic N) is 4.